The van der Waals surface area contributed by atoms with E-state index in [1.54, 1.807) is 7.11 Å². The first-order valence-corrected chi connectivity index (χ1v) is 6.58. The Morgan fingerprint density at radius 2 is 2.21 bits per heavy atom. The van der Waals surface area contributed by atoms with Crippen molar-refractivity contribution in [1.29, 1.82) is 4.78 Å². The van der Waals surface area contributed by atoms with E-state index in [4.69, 9.17) is 9.52 Å². The van der Waals surface area contributed by atoms with Gasteiger partial charge in [-0.3, -0.25) is 4.78 Å². The zero-order valence-electron chi connectivity index (χ0n) is 7.92. The van der Waals surface area contributed by atoms with Gasteiger partial charge in [-0.25, -0.2) is 0 Å². The summed E-state index contributed by atoms with van der Waals surface area (Å²) in [5.74, 6) is 0.846. The molecule has 0 heterocycles. The Bertz CT molecular complexity index is 376. The summed E-state index contributed by atoms with van der Waals surface area (Å²) in [5.41, 5.74) is 0. The lowest BCUT2D eigenvalue weighted by Gasteiger charge is -2.10. The predicted molar refractivity (Wildman–Crippen MR) is 62.1 cm³/mol. The highest BCUT2D eigenvalue weighted by molar-refractivity contribution is 9.10. The number of nitrogens with one attached hydrogen (secondary N) is 1. The highest BCUT2D eigenvalue weighted by Crippen LogP contribution is 2.35. The topological polar surface area (TPSA) is 33.1 Å². The Hall–Kier alpha value is -0.350. The molecule has 0 aliphatic heterocycles. The first-order valence-electron chi connectivity index (χ1n) is 4.50. The van der Waals surface area contributed by atoms with Crippen LogP contribution in [0.15, 0.2) is 27.6 Å². The van der Waals surface area contributed by atoms with E-state index in [9.17, 15) is 0 Å². The van der Waals surface area contributed by atoms with Crippen molar-refractivity contribution < 1.29 is 4.74 Å². The fourth-order valence-corrected chi connectivity index (χ4v) is 3.41. The summed E-state index contributed by atoms with van der Waals surface area (Å²) in [6.07, 6.45) is 2.39. The summed E-state index contributed by atoms with van der Waals surface area (Å²) in [7, 11) is 1.26. The number of rotatable bonds is 3. The standard InChI is InChI=1S/C10H12BrNOS/c1-13-9-5-2-7(11)6-10(9)14(12)8-3-4-8/h2,5-6,8,12H,3-4H2,1H3. The van der Waals surface area contributed by atoms with Gasteiger partial charge in [0.15, 0.2) is 0 Å². The van der Waals surface area contributed by atoms with Gasteiger partial charge in [0.2, 0.25) is 0 Å². The second-order valence-corrected chi connectivity index (χ2v) is 6.03. The van der Waals surface area contributed by atoms with Crippen LogP contribution in [0.2, 0.25) is 0 Å². The smallest absolute Gasteiger partial charge is 0.133 e. The number of ether oxygens (including phenoxy) is 1. The van der Waals surface area contributed by atoms with E-state index in [1.165, 1.54) is 12.8 Å². The zero-order chi connectivity index (χ0) is 10.1. The summed E-state index contributed by atoms with van der Waals surface area (Å²) in [4.78, 5) is 1.03. The van der Waals surface area contributed by atoms with Crippen LogP contribution in [0.3, 0.4) is 0 Å². The molecule has 0 saturated heterocycles. The highest BCUT2D eigenvalue weighted by Gasteiger charge is 2.28. The molecule has 1 aliphatic carbocycles. The van der Waals surface area contributed by atoms with Crippen LogP contribution in [-0.4, -0.2) is 12.4 Å². The molecule has 1 aromatic carbocycles. The third-order valence-corrected chi connectivity index (χ3v) is 4.64. The van der Waals surface area contributed by atoms with Gasteiger partial charge in [0, 0.05) is 9.72 Å². The van der Waals surface area contributed by atoms with Crippen LogP contribution >= 0.6 is 15.9 Å². The van der Waals surface area contributed by atoms with Crippen LogP contribution in [0.5, 0.6) is 5.75 Å². The monoisotopic (exact) mass is 273 g/mol. The number of hydrogen-bond acceptors (Lipinski definition) is 2. The Kier molecular flexibility index (Phi) is 2.93. The van der Waals surface area contributed by atoms with Gasteiger partial charge in [0.1, 0.15) is 5.75 Å². The van der Waals surface area contributed by atoms with Crippen LogP contribution < -0.4 is 4.74 Å². The minimum absolute atomic E-state index is 0.401. The average molecular weight is 274 g/mol. The lowest BCUT2D eigenvalue weighted by molar-refractivity contribution is 0.404. The Balaban J connectivity index is 2.37. The lowest BCUT2D eigenvalue weighted by atomic mass is 10.3. The van der Waals surface area contributed by atoms with E-state index in [1.807, 2.05) is 18.2 Å². The van der Waals surface area contributed by atoms with Crippen molar-refractivity contribution in [3.05, 3.63) is 22.7 Å². The number of methoxy groups -OCH3 is 1. The second-order valence-electron chi connectivity index (χ2n) is 3.33. The van der Waals surface area contributed by atoms with Crippen molar-refractivity contribution in [1.82, 2.24) is 0 Å². The highest BCUT2D eigenvalue weighted by atomic mass is 79.9. The van der Waals surface area contributed by atoms with E-state index < -0.39 is 10.7 Å². The molecule has 1 fully saturated rings. The van der Waals surface area contributed by atoms with E-state index in [2.05, 4.69) is 15.9 Å². The van der Waals surface area contributed by atoms with Crippen molar-refractivity contribution in [3.63, 3.8) is 0 Å². The molecule has 0 amide bonds. The molecule has 1 aromatic rings. The Morgan fingerprint density at radius 1 is 1.50 bits per heavy atom. The van der Waals surface area contributed by atoms with Gasteiger partial charge in [-0.1, -0.05) is 26.6 Å². The molecular formula is C10H12BrNOS. The van der Waals surface area contributed by atoms with Crippen LogP contribution in [0.25, 0.3) is 0 Å². The number of benzene rings is 1. The van der Waals surface area contributed by atoms with Gasteiger partial charge in [0.25, 0.3) is 0 Å². The summed E-state index contributed by atoms with van der Waals surface area (Å²) in [6.45, 7) is 0. The largest absolute Gasteiger partial charge is 0.496 e. The quantitative estimate of drug-likeness (QED) is 0.900. The van der Waals surface area contributed by atoms with Gasteiger partial charge < -0.3 is 4.74 Å². The minimum Gasteiger partial charge on any atom is -0.496 e. The maximum atomic E-state index is 8.10. The van der Waals surface area contributed by atoms with Crippen LogP contribution in [-0.2, 0) is 10.7 Å². The van der Waals surface area contributed by atoms with Gasteiger partial charge in [-0.05, 0) is 31.0 Å². The molecule has 1 aliphatic rings. The fourth-order valence-electron chi connectivity index (χ4n) is 1.31. The molecule has 0 aromatic heterocycles. The lowest BCUT2D eigenvalue weighted by Crippen LogP contribution is -1.99. The second kappa shape index (κ2) is 4.03. The normalized spacial score (nSPS) is 17.9. The van der Waals surface area contributed by atoms with E-state index in [0.717, 1.165) is 15.1 Å². The SMILES string of the molecule is COc1ccc(Br)cc1S(=N)C1CC1. The Labute approximate surface area is 94.7 Å². The molecule has 1 saturated carbocycles. The van der Waals surface area contributed by atoms with Crippen LogP contribution in [0.4, 0.5) is 0 Å². The van der Waals surface area contributed by atoms with E-state index in [-0.39, 0.29) is 0 Å². The molecule has 0 bridgehead atoms. The molecule has 2 rings (SSSR count). The van der Waals surface area contributed by atoms with Crippen molar-refractivity contribution in [3.8, 4) is 5.75 Å². The third kappa shape index (κ3) is 2.01. The molecule has 2 nitrogen and oxygen atoms in total. The Morgan fingerprint density at radius 3 is 2.79 bits per heavy atom. The summed E-state index contributed by atoms with van der Waals surface area (Å²) < 4.78 is 14.4. The third-order valence-electron chi connectivity index (χ3n) is 2.22. The average Bonchev–Trinajstić information content (AvgIpc) is 3.00. The molecule has 1 N–H and O–H groups in total. The molecule has 14 heavy (non-hydrogen) atoms. The zero-order valence-corrected chi connectivity index (χ0v) is 10.3. The number of halogens is 1. The maximum Gasteiger partial charge on any atom is 0.133 e. The summed E-state index contributed by atoms with van der Waals surface area (Å²) in [6, 6.07) is 5.88. The first kappa shape index (κ1) is 10.2. The van der Waals surface area contributed by atoms with Crippen molar-refractivity contribution >= 4 is 26.6 Å². The van der Waals surface area contributed by atoms with Gasteiger partial charge in [-0.15, -0.1) is 0 Å². The van der Waals surface area contributed by atoms with Gasteiger partial charge >= 0.3 is 0 Å². The molecule has 1 atom stereocenters. The summed E-state index contributed by atoms with van der Waals surface area (Å²) >= 11 is 3.43. The molecule has 1 unspecified atom stereocenters. The minimum atomic E-state index is -0.401. The molecule has 4 heteroatoms. The first-order chi connectivity index (χ1) is 6.72. The molecule has 0 spiro atoms. The van der Waals surface area contributed by atoms with Crippen LogP contribution in [0, 0.1) is 4.78 Å². The van der Waals surface area contributed by atoms with Crippen molar-refractivity contribution in [2.24, 2.45) is 0 Å². The van der Waals surface area contributed by atoms with Crippen molar-refractivity contribution in [2.75, 3.05) is 7.11 Å². The molecule has 0 radical (unpaired) electrons. The van der Waals surface area contributed by atoms with Crippen molar-refractivity contribution in [2.45, 2.75) is 23.0 Å². The number of hydrogen-bond donors (Lipinski definition) is 1. The fraction of sp³-hybridized carbons (Fsp3) is 0.400. The van der Waals surface area contributed by atoms with Crippen LogP contribution in [0.1, 0.15) is 12.8 Å². The van der Waals surface area contributed by atoms with E-state index >= 15 is 0 Å². The predicted octanol–water partition coefficient (Wildman–Crippen LogP) is 3.36. The maximum absolute atomic E-state index is 8.10. The molecule has 76 valence electrons. The molecular weight excluding hydrogens is 262 g/mol. The van der Waals surface area contributed by atoms with Gasteiger partial charge in [-0.2, -0.15) is 0 Å². The van der Waals surface area contributed by atoms with Gasteiger partial charge in [0.05, 0.1) is 12.0 Å². The summed E-state index contributed by atoms with van der Waals surface area (Å²) in [5, 5.41) is 0.568. The van der Waals surface area contributed by atoms with E-state index in [0.29, 0.717) is 5.25 Å².